The molecule has 0 aliphatic carbocycles. The second-order valence-electron chi connectivity index (χ2n) is 6.02. The molecule has 2 heterocycles. The Labute approximate surface area is 148 Å². The van der Waals surface area contributed by atoms with Crippen LogP contribution in [0.25, 0.3) is 11.6 Å². The van der Waals surface area contributed by atoms with Gasteiger partial charge >= 0.3 is 4.87 Å². The molecule has 1 aliphatic heterocycles. The number of aromatic hydroxyl groups is 1. The normalized spacial score (nSPS) is 13.5. The summed E-state index contributed by atoms with van der Waals surface area (Å²) in [5, 5.41) is 12.2. The summed E-state index contributed by atoms with van der Waals surface area (Å²) >= 11 is 1.03. The Morgan fingerprint density at radius 3 is 2.84 bits per heavy atom. The van der Waals surface area contributed by atoms with Crippen molar-refractivity contribution in [3.63, 3.8) is 0 Å². The molecule has 2 N–H and O–H groups in total. The maximum atomic E-state index is 11.7. The molecule has 3 aromatic rings. The van der Waals surface area contributed by atoms with Crippen molar-refractivity contribution >= 4 is 34.9 Å². The first-order valence-electron chi connectivity index (χ1n) is 7.96. The molecule has 0 radical (unpaired) electrons. The van der Waals surface area contributed by atoms with Gasteiger partial charge in [0.25, 0.3) is 0 Å². The van der Waals surface area contributed by atoms with Crippen molar-refractivity contribution < 1.29 is 5.11 Å². The molecule has 0 unspecified atom stereocenters. The van der Waals surface area contributed by atoms with Gasteiger partial charge in [0.15, 0.2) is 0 Å². The molecule has 2 aromatic carbocycles. The molecule has 0 saturated heterocycles. The molecule has 0 amide bonds. The number of hydrogen-bond donors (Lipinski definition) is 2. The standard InChI is InChI=1S/C20H16N2O2S/c1-12-4-2-5-13(10-12)11-16(18-19(23)22-20(24)25-18)14-6-3-7-17-15(14)8-9-21-17/h2-10,23H,11H2,1H3,(H,22,24). The lowest BCUT2D eigenvalue weighted by Crippen LogP contribution is -2.27. The molecule has 4 rings (SSSR count). The van der Waals surface area contributed by atoms with Gasteiger partial charge in [0.2, 0.25) is 5.88 Å². The Kier molecular flexibility index (Phi) is 3.86. The zero-order valence-corrected chi connectivity index (χ0v) is 14.4. The molecule has 0 spiro atoms. The molecule has 0 fully saturated rings. The van der Waals surface area contributed by atoms with E-state index in [-0.39, 0.29) is 10.8 Å². The van der Waals surface area contributed by atoms with E-state index >= 15 is 0 Å². The summed E-state index contributed by atoms with van der Waals surface area (Å²) in [5.41, 5.74) is 4.13. The molecule has 25 heavy (non-hydrogen) atoms. The van der Waals surface area contributed by atoms with Crippen LogP contribution in [0, 0.1) is 6.92 Å². The second kappa shape index (κ2) is 6.18. The summed E-state index contributed by atoms with van der Waals surface area (Å²) in [4.78, 5) is 18.9. The van der Waals surface area contributed by atoms with Gasteiger partial charge in [-0.3, -0.25) is 14.8 Å². The van der Waals surface area contributed by atoms with E-state index in [1.807, 2.05) is 30.3 Å². The fourth-order valence-electron chi connectivity index (χ4n) is 3.14. The van der Waals surface area contributed by atoms with E-state index in [4.69, 9.17) is 0 Å². The van der Waals surface area contributed by atoms with Crippen LogP contribution in [0.3, 0.4) is 0 Å². The SMILES string of the molecule is Cc1cccc(CC(c2sc(=O)[nH]c2O)=c2cccc3c2=CC=N3)c1. The highest BCUT2D eigenvalue weighted by molar-refractivity contribution is 7.10. The number of H-pyrrole nitrogens is 1. The highest BCUT2D eigenvalue weighted by Crippen LogP contribution is 2.27. The monoisotopic (exact) mass is 348 g/mol. The van der Waals surface area contributed by atoms with Crippen LogP contribution in [0.2, 0.25) is 0 Å². The van der Waals surface area contributed by atoms with Crippen LogP contribution in [-0.4, -0.2) is 16.3 Å². The van der Waals surface area contributed by atoms with E-state index in [0.717, 1.165) is 38.6 Å². The molecule has 1 aliphatic rings. The molecule has 0 atom stereocenters. The first kappa shape index (κ1) is 15.6. The number of fused-ring (bicyclic) bond motifs is 1. The van der Waals surface area contributed by atoms with Gasteiger partial charge < -0.3 is 5.11 Å². The second-order valence-corrected chi connectivity index (χ2v) is 7.00. The molecule has 1 aromatic heterocycles. The molecular formula is C20H16N2O2S. The average Bonchev–Trinajstić information content (AvgIpc) is 3.18. The van der Waals surface area contributed by atoms with Crippen molar-refractivity contribution in [2.24, 2.45) is 4.99 Å². The zero-order chi connectivity index (χ0) is 17.4. The number of aromatic amines is 1. The van der Waals surface area contributed by atoms with E-state index in [2.05, 4.69) is 35.1 Å². The van der Waals surface area contributed by atoms with Crippen LogP contribution < -0.4 is 15.3 Å². The highest BCUT2D eigenvalue weighted by atomic mass is 32.1. The minimum absolute atomic E-state index is 0.0748. The van der Waals surface area contributed by atoms with Crippen LogP contribution in [0.4, 0.5) is 5.69 Å². The Morgan fingerprint density at radius 2 is 2.08 bits per heavy atom. The molecule has 5 heteroatoms. The third-order valence-corrected chi connectivity index (χ3v) is 5.16. The average molecular weight is 348 g/mol. The van der Waals surface area contributed by atoms with Crippen molar-refractivity contribution in [1.82, 2.24) is 4.98 Å². The Balaban J connectivity index is 2.01. The third kappa shape index (κ3) is 2.94. The third-order valence-electron chi connectivity index (χ3n) is 4.23. The molecule has 124 valence electrons. The van der Waals surface area contributed by atoms with Gasteiger partial charge in [-0.05, 0) is 41.8 Å². The molecule has 0 bridgehead atoms. The summed E-state index contributed by atoms with van der Waals surface area (Å²) < 4.78 is 0. The summed E-state index contributed by atoms with van der Waals surface area (Å²) in [5.74, 6) is -0.0748. The minimum Gasteiger partial charge on any atom is -0.493 e. The van der Waals surface area contributed by atoms with Crippen molar-refractivity contribution in [2.45, 2.75) is 13.3 Å². The molecule has 0 saturated carbocycles. The number of aromatic nitrogens is 1. The first-order valence-corrected chi connectivity index (χ1v) is 8.78. The predicted molar refractivity (Wildman–Crippen MR) is 102 cm³/mol. The van der Waals surface area contributed by atoms with Crippen molar-refractivity contribution in [3.05, 3.63) is 78.6 Å². The maximum absolute atomic E-state index is 11.7. The number of nitrogens with one attached hydrogen (secondary N) is 1. The number of hydrogen-bond acceptors (Lipinski definition) is 4. The van der Waals surface area contributed by atoms with E-state index in [1.54, 1.807) is 6.21 Å². The summed E-state index contributed by atoms with van der Waals surface area (Å²) in [7, 11) is 0. The Bertz CT molecular complexity index is 1170. The maximum Gasteiger partial charge on any atom is 0.307 e. The van der Waals surface area contributed by atoms with E-state index in [1.165, 1.54) is 5.56 Å². The van der Waals surface area contributed by atoms with Crippen LogP contribution in [0.15, 0.2) is 52.3 Å². The summed E-state index contributed by atoms with van der Waals surface area (Å²) in [6, 6.07) is 14.2. The van der Waals surface area contributed by atoms with Gasteiger partial charge in [0.1, 0.15) is 0 Å². The minimum atomic E-state index is -0.262. The topological polar surface area (TPSA) is 65.5 Å². The lowest BCUT2D eigenvalue weighted by molar-refractivity contribution is 0.454. The number of nitrogens with zero attached hydrogens (tertiary/aromatic N) is 1. The summed E-state index contributed by atoms with van der Waals surface area (Å²) in [6.07, 6.45) is 4.36. The first-order chi connectivity index (χ1) is 12.1. The highest BCUT2D eigenvalue weighted by Gasteiger charge is 2.15. The Morgan fingerprint density at radius 1 is 1.24 bits per heavy atom. The van der Waals surface area contributed by atoms with E-state index in [9.17, 15) is 9.90 Å². The van der Waals surface area contributed by atoms with Crippen molar-refractivity contribution in [2.75, 3.05) is 0 Å². The smallest absolute Gasteiger partial charge is 0.307 e. The fraction of sp³-hybridized carbons (Fsp3) is 0.100. The van der Waals surface area contributed by atoms with E-state index < -0.39 is 0 Å². The quantitative estimate of drug-likeness (QED) is 0.763. The number of thiazole rings is 1. The van der Waals surface area contributed by atoms with Gasteiger partial charge in [0.05, 0.1) is 10.6 Å². The number of aliphatic imine (C=N–C) groups is 1. The predicted octanol–water partition coefficient (Wildman–Crippen LogP) is 2.39. The van der Waals surface area contributed by atoms with Crippen LogP contribution >= 0.6 is 11.3 Å². The number of aryl methyl sites for hydroxylation is 1. The summed E-state index contributed by atoms with van der Waals surface area (Å²) in [6.45, 7) is 2.05. The number of benzene rings is 2. The lowest BCUT2D eigenvalue weighted by Gasteiger charge is -2.08. The Hall–Kier alpha value is -2.92. The lowest BCUT2D eigenvalue weighted by atomic mass is 9.99. The van der Waals surface area contributed by atoms with Gasteiger partial charge in [-0.1, -0.05) is 53.3 Å². The zero-order valence-electron chi connectivity index (χ0n) is 13.6. The van der Waals surface area contributed by atoms with Crippen molar-refractivity contribution in [3.8, 4) is 5.88 Å². The van der Waals surface area contributed by atoms with Gasteiger partial charge in [0, 0.05) is 11.4 Å². The van der Waals surface area contributed by atoms with Crippen LogP contribution in [0.5, 0.6) is 5.88 Å². The van der Waals surface area contributed by atoms with Crippen LogP contribution in [0.1, 0.15) is 16.0 Å². The van der Waals surface area contributed by atoms with Gasteiger partial charge in [-0.25, -0.2) is 0 Å². The molecular weight excluding hydrogens is 332 g/mol. The van der Waals surface area contributed by atoms with Crippen LogP contribution in [-0.2, 0) is 6.42 Å². The van der Waals surface area contributed by atoms with Gasteiger partial charge in [-0.2, -0.15) is 0 Å². The number of rotatable bonds is 3. The largest absolute Gasteiger partial charge is 0.493 e. The molecule has 4 nitrogen and oxygen atoms in total. The fourth-order valence-corrected chi connectivity index (χ4v) is 3.93. The van der Waals surface area contributed by atoms with Crippen molar-refractivity contribution in [1.29, 1.82) is 0 Å². The van der Waals surface area contributed by atoms with E-state index in [0.29, 0.717) is 11.3 Å². The van der Waals surface area contributed by atoms with Gasteiger partial charge in [-0.15, -0.1) is 0 Å².